The van der Waals surface area contributed by atoms with Gasteiger partial charge in [0.2, 0.25) is 0 Å². The predicted molar refractivity (Wildman–Crippen MR) is 81.8 cm³/mol. The van der Waals surface area contributed by atoms with Crippen molar-refractivity contribution in [2.45, 2.75) is 19.9 Å². The number of carbonyl (C=O) groups excluding carboxylic acids is 1. The number of aromatic nitrogens is 4. The van der Waals surface area contributed by atoms with Gasteiger partial charge in [-0.1, -0.05) is 0 Å². The molecule has 1 aliphatic heterocycles. The van der Waals surface area contributed by atoms with Gasteiger partial charge < -0.3 is 4.90 Å². The summed E-state index contributed by atoms with van der Waals surface area (Å²) in [7, 11) is 0. The van der Waals surface area contributed by atoms with E-state index in [0.29, 0.717) is 17.4 Å². The summed E-state index contributed by atoms with van der Waals surface area (Å²) < 4.78 is 1.55. The molecule has 116 valence electrons. The summed E-state index contributed by atoms with van der Waals surface area (Å²) >= 11 is 0. The molecular weight excluding hydrogens is 280 g/mol. The van der Waals surface area contributed by atoms with E-state index < -0.39 is 0 Å². The topological polar surface area (TPSA) is 67.2 Å². The predicted octanol–water partition coefficient (Wildman–Crippen LogP) is 0.829. The maximum Gasteiger partial charge on any atom is 0.254 e. The number of rotatable bonds is 3. The number of carbonyl (C=O) groups is 1. The molecule has 0 atom stereocenters. The summed E-state index contributed by atoms with van der Waals surface area (Å²) in [5.74, 6) is 0.649. The normalized spacial score (nSPS) is 16.2. The minimum absolute atomic E-state index is 0.0483. The van der Waals surface area contributed by atoms with E-state index in [4.69, 9.17) is 0 Å². The first-order valence-corrected chi connectivity index (χ1v) is 7.49. The maximum absolute atomic E-state index is 12.6. The first-order chi connectivity index (χ1) is 10.6. The van der Waals surface area contributed by atoms with Crippen LogP contribution in [0.1, 0.15) is 24.2 Å². The van der Waals surface area contributed by atoms with Gasteiger partial charge in [-0.15, -0.1) is 0 Å². The van der Waals surface area contributed by atoms with E-state index in [1.165, 1.54) is 6.33 Å². The monoisotopic (exact) mass is 300 g/mol. The van der Waals surface area contributed by atoms with Gasteiger partial charge in [0, 0.05) is 44.0 Å². The van der Waals surface area contributed by atoms with E-state index in [-0.39, 0.29) is 5.91 Å². The van der Waals surface area contributed by atoms with Crippen LogP contribution in [0.3, 0.4) is 0 Å². The third kappa shape index (κ3) is 2.99. The number of hydrogen-bond donors (Lipinski definition) is 0. The summed E-state index contributed by atoms with van der Waals surface area (Å²) in [6.45, 7) is 7.74. The molecule has 1 saturated heterocycles. The number of pyridine rings is 1. The van der Waals surface area contributed by atoms with E-state index >= 15 is 0 Å². The van der Waals surface area contributed by atoms with Gasteiger partial charge in [-0.05, 0) is 26.0 Å². The lowest BCUT2D eigenvalue weighted by atomic mass is 10.2. The highest BCUT2D eigenvalue weighted by Crippen LogP contribution is 2.12. The highest BCUT2D eigenvalue weighted by Gasteiger charge is 2.23. The van der Waals surface area contributed by atoms with E-state index in [1.54, 1.807) is 29.3 Å². The Bertz CT molecular complexity index is 631. The van der Waals surface area contributed by atoms with Crippen molar-refractivity contribution in [1.82, 2.24) is 29.5 Å². The summed E-state index contributed by atoms with van der Waals surface area (Å²) in [6.07, 6.45) is 4.65. The van der Waals surface area contributed by atoms with Crippen molar-refractivity contribution in [3.63, 3.8) is 0 Å². The van der Waals surface area contributed by atoms with Crippen LogP contribution in [0.25, 0.3) is 5.82 Å². The van der Waals surface area contributed by atoms with Crippen molar-refractivity contribution < 1.29 is 4.79 Å². The quantitative estimate of drug-likeness (QED) is 0.840. The van der Waals surface area contributed by atoms with Gasteiger partial charge in [-0.25, -0.2) is 14.6 Å². The standard InChI is InChI=1S/C15H20N6O/c1-12(2)19-5-7-20(8-6-19)15(22)13-3-4-17-14(9-13)21-11-16-10-18-21/h3-4,9-12H,5-8H2,1-2H3. The molecule has 0 radical (unpaired) electrons. The van der Waals surface area contributed by atoms with Crippen molar-refractivity contribution in [1.29, 1.82) is 0 Å². The van der Waals surface area contributed by atoms with Crippen LogP contribution < -0.4 is 0 Å². The fourth-order valence-electron chi connectivity index (χ4n) is 2.63. The molecular formula is C15H20N6O. The first kappa shape index (κ1) is 14.6. The van der Waals surface area contributed by atoms with Crippen LogP contribution in [0.4, 0.5) is 0 Å². The highest BCUT2D eigenvalue weighted by atomic mass is 16.2. The van der Waals surface area contributed by atoms with Crippen molar-refractivity contribution in [2.75, 3.05) is 26.2 Å². The lowest BCUT2D eigenvalue weighted by molar-refractivity contribution is 0.0595. The number of nitrogens with zero attached hydrogens (tertiary/aromatic N) is 6. The van der Waals surface area contributed by atoms with Gasteiger partial charge in [0.05, 0.1) is 0 Å². The zero-order valence-electron chi connectivity index (χ0n) is 12.9. The SMILES string of the molecule is CC(C)N1CCN(C(=O)c2ccnc(-n3cncn3)c2)CC1. The van der Waals surface area contributed by atoms with Crippen LogP contribution in [0.2, 0.25) is 0 Å². The van der Waals surface area contributed by atoms with Crippen molar-refractivity contribution >= 4 is 5.91 Å². The molecule has 3 rings (SSSR count). The largest absolute Gasteiger partial charge is 0.336 e. The van der Waals surface area contributed by atoms with Gasteiger partial charge in [-0.2, -0.15) is 5.10 Å². The Labute approximate surface area is 129 Å². The number of hydrogen-bond acceptors (Lipinski definition) is 5. The Hall–Kier alpha value is -2.28. The van der Waals surface area contributed by atoms with E-state index in [2.05, 4.69) is 33.8 Å². The van der Waals surface area contributed by atoms with Crippen LogP contribution in [0.5, 0.6) is 0 Å². The highest BCUT2D eigenvalue weighted by molar-refractivity contribution is 5.94. The molecule has 22 heavy (non-hydrogen) atoms. The molecule has 2 aromatic rings. The minimum Gasteiger partial charge on any atom is -0.336 e. The zero-order chi connectivity index (χ0) is 15.5. The summed E-state index contributed by atoms with van der Waals surface area (Å²) in [5.41, 5.74) is 0.637. The molecule has 0 N–H and O–H groups in total. The van der Waals surface area contributed by atoms with Crippen LogP contribution in [-0.4, -0.2) is 67.7 Å². The molecule has 0 spiro atoms. The Morgan fingerprint density at radius 2 is 2.00 bits per heavy atom. The van der Waals surface area contributed by atoms with E-state index in [9.17, 15) is 4.79 Å². The van der Waals surface area contributed by atoms with Gasteiger partial charge in [-0.3, -0.25) is 9.69 Å². The molecule has 0 saturated carbocycles. The van der Waals surface area contributed by atoms with Crippen LogP contribution in [-0.2, 0) is 0 Å². The Balaban J connectivity index is 1.72. The lowest BCUT2D eigenvalue weighted by Crippen LogP contribution is -2.50. The fraction of sp³-hybridized carbons (Fsp3) is 0.467. The first-order valence-electron chi connectivity index (χ1n) is 7.49. The molecule has 3 heterocycles. The number of amides is 1. The molecule has 0 unspecified atom stereocenters. The van der Waals surface area contributed by atoms with Gasteiger partial charge in [0.25, 0.3) is 5.91 Å². The van der Waals surface area contributed by atoms with E-state index in [0.717, 1.165) is 26.2 Å². The van der Waals surface area contributed by atoms with Crippen molar-refractivity contribution in [3.8, 4) is 5.82 Å². The van der Waals surface area contributed by atoms with Crippen LogP contribution in [0, 0.1) is 0 Å². The Morgan fingerprint density at radius 3 is 2.64 bits per heavy atom. The van der Waals surface area contributed by atoms with Gasteiger partial charge >= 0.3 is 0 Å². The molecule has 0 bridgehead atoms. The lowest BCUT2D eigenvalue weighted by Gasteiger charge is -2.36. The zero-order valence-corrected chi connectivity index (χ0v) is 12.9. The molecule has 0 aliphatic carbocycles. The average molecular weight is 300 g/mol. The third-order valence-electron chi connectivity index (χ3n) is 3.98. The molecule has 1 fully saturated rings. The van der Waals surface area contributed by atoms with Crippen LogP contribution >= 0.6 is 0 Å². The molecule has 1 aliphatic rings. The average Bonchev–Trinajstić information content (AvgIpc) is 3.09. The second kappa shape index (κ2) is 6.23. The third-order valence-corrected chi connectivity index (χ3v) is 3.98. The smallest absolute Gasteiger partial charge is 0.254 e. The summed E-state index contributed by atoms with van der Waals surface area (Å²) in [4.78, 5) is 25.0. The molecule has 7 nitrogen and oxygen atoms in total. The molecule has 0 aromatic carbocycles. The second-order valence-electron chi connectivity index (χ2n) is 5.66. The minimum atomic E-state index is 0.0483. The van der Waals surface area contributed by atoms with Gasteiger partial charge in [0.1, 0.15) is 12.7 Å². The summed E-state index contributed by atoms with van der Waals surface area (Å²) in [6, 6.07) is 4.03. The Morgan fingerprint density at radius 1 is 1.23 bits per heavy atom. The molecule has 7 heteroatoms. The fourth-order valence-corrected chi connectivity index (χ4v) is 2.63. The number of piperazine rings is 1. The second-order valence-corrected chi connectivity index (χ2v) is 5.66. The van der Waals surface area contributed by atoms with Crippen LogP contribution in [0.15, 0.2) is 31.0 Å². The van der Waals surface area contributed by atoms with Crippen molar-refractivity contribution in [2.24, 2.45) is 0 Å². The van der Waals surface area contributed by atoms with Gasteiger partial charge in [0.15, 0.2) is 5.82 Å². The molecule has 1 amide bonds. The summed E-state index contributed by atoms with van der Waals surface area (Å²) in [5, 5.41) is 4.04. The van der Waals surface area contributed by atoms with E-state index in [1.807, 2.05) is 4.90 Å². The Kier molecular flexibility index (Phi) is 4.15. The molecule has 2 aromatic heterocycles. The van der Waals surface area contributed by atoms with Crippen molar-refractivity contribution in [3.05, 3.63) is 36.5 Å². The maximum atomic E-state index is 12.6.